The maximum absolute atomic E-state index is 12.0. The molecule has 5 heteroatoms. The maximum Gasteiger partial charge on any atom is 0.224 e. The summed E-state index contributed by atoms with van der Waals surface area (Å²) in [6.45, 7) is 0.420. The van der Waals surface area contributed by atoms with Gasteiger partial charge in [0.2, 0.25) is 5.91 Å². The van der Waals surface area contributed by atoms with E-state index in [0.29, 0.717) is 13.0 Å². The van der Waals surface area contributed by atoms with Gasteiger partial charge in [0.15, 0.2) is 0 Å². The zero-order valence-electron chi connectivity index (χ0n) is 10.8. The second-order valence-corrected chi connectivity index (χ2v) is 4.51. The van der Waals surface area contributed by atoms with Crippen LogP contribution in [0, 0.1) is 0 Å². The first kappa shape index (κ1) is 12.3. The molecule has 0 radical (unpaired) electrons. The number of benzene rings is 1. The van der Waals surface area contributed by atoms with Crippen LogP contribution in [0.2, 0.25) is 0 Å². The summed E-state index contributed by atoms with van der Waals surface area (Å²) in [5.41, 5.74) is 2.85. The largest absolute Gasteiger partial charge is 0.361 e. The number of rotatable bonds is 4. The number of carbonyl (C=O) groups is 1. The monoisotopic (exact) mass is 266 g/mol. The molecule has 0 spiro atoms. The third kappa shape index (κ3) is 2.66. The number of aromatic amines is 1. The molecule has 1 amide bonds. The van der Waals surface area contributed by atoms with Gasteiger partial charge in [-0.2, -0.15) is 0 Å². The Kier molecular flexibility index (Phi) is 3.41. The fraction of sp³-hybridized carbons (Fsp3) is 0.133. The molecule has 0 aliphatic rings. The van der Waals surface area contributed by atoms with E-state index in [4.69, 9.17) is 0 Å². The van der Waals surface area contributed by atoms with Gasteiger partial charge in [-0.05, 0) is 17.7 Å². The number of nitrogens with one attached hydrogen (secondary N) is 2. The van der Waals surface area contributed by atoms with Crippen molar-refractivity contribution in [1.82, 2.24) is 20.3 Å². The van der Waals surface area contributed by atoms with Gasteiger partial charge in [-0.3, -0.25) is 4.79 Å². The second kappa shape index (κ2) is 5.52. The molecule has 0 unspecified atom stereocenters. The lowest BCUT2D eigenvalue weighted by atomic mass is 10.1. The number of H-pyrrole nitrogens is 1. The Bertz CT molecular complexity index is 721. The van der Waals surface area contributed by atoms with Crippen molar-refractivity contribution in [2.45, 2.75) is 13.0 Å². The van der Waals surface area contributed by atoms with Crippen molar-refractivity contribution in [3.8, 4) is 0 Å². The average molecular weight is 266 g/mol. The number of aromatic nitrogens is 3. The van der Waals surface area contributed by atoms with Crippen molar-refractivity contribution in [3.05, 3.63) is 60.3 Å². The van der Waals surface area contributed by atoms with E-state index in [-0.39, 0.29) is 5.91 Å². The first-order chi connectivity index (χ1) is 9.83. The Morgan fingerprint density at radius 3 is 3.00 bits per heavy atom. The van der Waals surface area contributed by atoms with E-state index in [1.807, 2.05) is 30.5 Å². The molecular weight excluding hydrogens is 252 g/mol. The summed E-state index contributed by atoms with van der Waals surface area (Å²) in [5, 5.41) is 3.95. The topological polar surface area (TPSA) is 70.7 Å². The average Bonchev–Trinajstić information content (AvgIpc) is 2.90. The van der Waals surface area contributed by atoms with E-state index in [2.05, 4.69) is 20.3 Å². The first-order valence-corrected chi connectivity index (χ1v) is 6.39. The highest BCUT2D eigenvalue weighted by Gasteiger charge is 2.08. The Hall–Kier alpha value is -2.69. The third-order valence-corrected chi connectivity index (χ3v) is 3.14. The van der Waals surface area contributed by atoms with Crippen molar-refractivity contribution >= 4 is 16.8 Å². The molecule has 0 aliphatic carbocycles. The Balaban J connectivity index is 1.64. The van der Waals surface area contributed by atoms with E-state index >= 15 is 0 Å². The molecule has 2 aromatic heterocycles. The number of amides is 1. The van der Waals surface area contributed by atoms with Crippen molar-refractivity contribution < 1.29 is 4.79 Å². The van der Waals surface area contributed by atoms with Gasteiger partial charge in [0.25, 0.3) is 0 Å². The minimum Gasteiger partial charge on any atom is -0.361 e. The van der Waals surface area contributed by atoms with E-state index < -0.39 is 0 Å². The summed E-state index contributed by atoms with van der Waals surface area (Å²) in [6.07, 6.45) is 5.37. The molecule has 1 aromatic carbocycles. The van der Waals surface area contributed by atoms with Crippen LogP contribution in [0.25, 0.3) is 10.9 Å². The van der Waals surface area contributed by atoms with Crippen LogP contribution < -0.4 is 5.32 Å². The Morgan fingerprint density at radius 1 is 1.25 bits per heavy atom. The molecule has 0 bridgehead atoms. The van der Waals surface area contributed by atoms with Gasteiger partial charge in [-0.25, -0.2) is 9.97 Å². The predicted molar refractivity (Wildman–Crippen MR) is 75.9 cm³/mol. The van der Waals surface area contributed by atoms with Crippen LogP contribution in [0.4, 0.5) is 0 Å². The molecule has 100 valence electrons. The fourth-order valence-corrected chi connectivity index (χ4v) is 2.13. The van der Waals surface area contributed by atoms with Crippen LogP contribution in [0.15, 0.2) is 49.1 Å². The zero-order valence-corrected chi connectivity index (χ0v) is 10.8. The highest BCUT2D eigenvalue weighted by Crippen LogP contribution is 2.17. The molecule has 3 rings (SSSR count). The number of para-hydroxylation sites is 1. The molecule has 5 nitrogen and oxygen atoms in total. The van der Waals surface area contributed by atoms with Gasteiger partial charge in [-0.15, -0.1) is 0 Å². The third-order valence-electron chi connectivity index (χ3n) is 3.14. The van der Waals surface area contributed by atoms with Crippen LogP contribution >= 0.6 is 0 Å². The molecular formula is C15H14N4O. The van der Waals surface area contributed by atoms with Crippen molar-refractivity contribution in [1.29, 1.82) is 0 Å². The van der Waals surface area contributed by atoms with Crippen LogP contribution in [-0.4, -0.2) is 20.9 Å². The van der Waals surface area contributed by atoms with Gasteiger partial charge in [-0.1, -0.05) is 18.2 Å². The van der Waals surface area contributed by atoms with Crippen LogP contribution in [-0.2, 0) is 17.8 Å². The van der Waals surface area contributed by atoms with Crippen LogP contribution in [0.5, 0.6) is 0 Å². The van der Waals surface area contributed by atoms with Gasteiger partial charge in [0.1, 0.15) is 6.33 Å². The summed E-state index contributed by atoms with van der Waals surface area (Å²) in [5.74, 6) is -0.0200. The van der Waals surface area contributed by atoms with Gasteiger partial charge >= 0.3 is 0 Å². The SMILES string of the molecule is O=C(Cc1c[nH]c2ccccc12)NCc1ccncn1. The summed E-state index contributed by atoms with van der Waals surface area (Å²) in [6, 6.07) is 9.73. The van der Waals surface area contributed by atoms with Crippen molar-refractivity contribution in [3.63, 3.8) is 0 Å². The molecule has 2 heterocycles. The summed E-state index contributed by atoms with van der Waals surface area (Å²) >= 11 is 0. The van der Waals surface area contributed by atoms with Crippen LogP contribution in [0.3, 0.4) is 0 Å². The summed E-state index contributed by atoms with van der Waals surface area (Å²) < 4.78 is 0. The standard InChI is InChI=1S/C15H14N4O/c20-15(18-9-12-5-6-16-10-19-12)7-11-8-17-14-4-2-1-3-13(11)14/h1-6,8,10,17H,7,9H2,(H,18,20). The van der Waals surface area contributed by atoms with Gasteiger partial charge < -0.3 is 10.3 Å². The summed E-state index contributed by atoms with van der Waals surface area (Å²) in [7, 11) is 0. The van der Waals surface area contributed by atoms with E-state index in [9.17, 15) is 4.79 Å². The molecule has 0 saturated carbocycles. The number of hydrogen-bond donors (Lipinski definition) is 2. The lowest BCUT2D eigenvalue weighted by molar-refractivity contribution is -0.120. The van der Waals surface area contributed by atoms with E-state index in [0.717, 1.165) is 22.2 Å². The molecule has 0 saturated heterocycles. The lowest BCUT2D eigenvalue weighted by Crippen LogP contribution is -2.24. The predicted octanol–water partition coefficient (Wildman–Crippen LogP) is 1.82. The Labute approximate surface area is 116 Å². The maximum atomic E-state index is 12.0. The molecule has 20 heavy (non-hydrogen) atoms. The van der Waals surface area contributed by atoms with E-state index in [1.54, 1.807) is 12.3 Å². The van der Waals surface area contributed by atoms with E-state index in [1.165, 1.54) is 6.33 Å². The number of carbonyl (C=O) groups excluding carboxylic acids is 1. The van der Waals surface area contributed by atoms with Gasteiger partial charge in [0, 0.05) is 23.3 Å². The second-order valence-electron chi connectivity index (χ2n) is 4.51. The molecule has 0 atom stereocenters. The number of fused-ring (bicyclic) bond motifs is 1. The molecule has 3 aromatic rings. The zero-order chi connectivity index (χ0) is 13.8. The van der Waals surface area contributed by atoms with Crippen molar-refractivity contribution in [2.24, 2.45) is 0 Å². The fourth-order valence-electron chi connectivity index (χ4n) is 2.13. The molecule has 2 N–H and O–H groups in total. The first-order valence-electron chi connectivity index (χ1n) is 6.39. The Morgan fingerprint density at radius 2 is 2.15 bits per heavy atom. The molecule has 0 fully saturated rings. The normalized spacial score (nSPS) is 10.6. The minimum absolute atomic E-state index is 0.0200. The number of nitrogens with zero attached hydrogens (tertiary/aromatic N) is 2. The molecule has 0 aliphatic heterocycles. The quantitative estimate of drug-likeness (QED) is 0.756. The smallest absolute Gasteiger partial charge is 0.224 e. The van der Waals surface area contributed by atoms with Crippen molar-refractivity contribution in [2.75, 3.05) is 0 Å². The lowest BCUT2D eigenvalue weighted by Gasteiger charge is -2.04. The minimum atomic E-state index is -0.0200. The number of hydrogen-bond acceptors (Lipinski definition) is 3. The highest BCUT2D eigenvalue weighted by molar-refractivity contribution is 5.88. The van der Waals surface area contributed by atoms with Crippen LogP contribution in [0.1, 0.15) is 11.3 Å². The van der Waals surface area contributed by atoms with Gasteiger partial charge in [0.05, 0.1) is 18.7 Å². The summed E-state index contributed by atoms with van der Waals surface area (Å²) in [4.78, 5) is 23.0. The highest BCUT2D eigenvalue weighted by atomic mass is 16.1.